The van der Waals surface area contributed by atoms with Crippen molar-refractivity contribution in [2.75, 3.05) is 48.5 Å². The van der Waals surface area contributed by atoms with Crippen molar-refractivity contribution < 1.29 is 36.2 Å². The highest BCUT2D eigenvalue weighted by molar-refractivity contribution is 7.92. The van der Waals surface area contributed by atoms with E-state index in [4.69, 9.17) is 37.8 Å². The number of hydrogen-bond donors (Lipinski definition) is 2. The van der Waals surface area contributed by atoms with Crippen LogP contribution in [0.3, 0.4) is 0 Å². The number of para-hydroxylation sites is 1. The first-order valence-electron chi connectivity index (χ1n) is 9.91. The minimum atomic E-state index is -5.08. The van der Waals surface area contributed by atoms with Gasteiger partial charge < -0.3 is 20.1 Å². The Bertz CT molecular complexity index is 1140. The van der Waals surface area contributed by atoms with Crippen LogP contribution in [0, 0.1) is 0 Å². The molecule has 0 spiro atoms. The highest BCUT2D eigenvalue weighted by Crippen LogP contribution is 2.42. The fourth-order valence-corrected chi connectivity index (χ4v) is 5.60. The van der Waals surface area contributed by atoms with Gasteiger partial charge in [-0.15, -0.1) is 0 Å². The summed E-state index contributed by atoms with van der Waals surface area (Å²) >= 11 is 12.0. The lowest BCUT2D eigenvalue weighted by molar-refractivity contribution is -0.192. The largest absolute Gasteiger partial charge is 0.490 e. The highest BCUT2D eigenvalue weighted by atomic mass is 35.5. The molecule has 8 nitrogen and oxygen atoms in total. The van der Waals surface area contributed by atoms with Gasteiger partial charge in [0.15, 0.2) is 5.75 Å². The van der Waals surface area contributed by atoms with Crippen LogP contribution in [0.5, 0.6) is 5.75 Å². The number of hydrogen-bond acceptors (Lipinski definition) is 6. The van der Waals surface area contributed by atoms with E-state index in [2.05, 4.69) is 10.2 Å². The van der Waals surface area contributed by atoms with Crippen molar-refractivity contribution >= 4 is 50.6 Å². The molecule has 2 aromatic carbocycles. The van der Waals surface area contributed by atoms with Crippen molar-refractivity contribution in [2.45, 2.75) is 11.1 Å². The second kappa shape index (κ2) is 10.5. The molecule has 186 valence electrons. The normalized spacial score (nSPS) is 16.1. The van der Waals surface area contributed by atoms with Gasteiger partial charge in [0, 0.05) is 36.2 Å². The number of rotatable bonds is 3. The van der Waals surface area contributed by atoms with Crippen molar-refractivity contribution in [3.8, 4) is 5.75 Å². The minimum Gasteiger partial charge on any atom is -0.487 e. The summed E-state index contributed by atoms with van der Waals surface area (Å²) in [5.74, 6) is -2.16. The third kappa shape index (κ3) is 5.98. The van der Waals surface area contributed by atoms with E-state index in [1.807, 2.05) is 12.1 Å². The van der Waals surface area contributed by atoms with E-state index in [0.717, 1.165) is 31.9 Å². The number of aliphatic carboxylic acids is 1. The second-order valence-corrected chi connectivity index (χ2v) is 9.93. The topological polar surface area (TPSA) is 99.2 Å². The molecular weight excluding hydrogens is 522 g/mol. The Labute approximate surface area is 203 Å². The van der Waals surface area contributed by atoms with Crippen molar-refractivity contribution in [3.63, 3.8) is 0 Å². The summed E-state index contributed by atoms with van der Waals surface area (Å²) in [7, 11) is -3.81. The second-order valence-electron chi connectivity index (χ2n) is 7.20. The van der Waals surface area contributed by atoms with Crippen LogP contribution in [0.4, 0.5) is 24.5 Å². The van der Waals surface area contributed by atoms with Crippen molar-refractivity contribution in [2.24, 2.45) is 0 Å². The van der Waals surface area contributed by atoms with E-state index < -0.39 is 22.2 Å². The molecule has 2 N–H and O–H groups in total. The maximum Gasteiger partial charge on any atom is 0.490 e. The molecule has 1 fully saturated rings. The molecule has 4 rings (SSSR count). The Kier molecular flexibility index (Phi) is 8.06. The molecule has 0 amide bonds. The van der Waals surface area contributed by atoms with Crippen molar-refractivity contribution in [1.82, 2.24) is 5.32 Å². The molecule has 2 heterocycles. The van der Waals surface area contributed by atoms with Gasteiger partial charge in [0.05, 0.1) is 22.8 Å². The van der Waals surface area contributed by atoms with Crippen LogP contribution in [0.25, 0.3) is 0 Å². The molecule has 14 heteroatoms. The van der Waals surface area contributed by atoms with Gasteiger partial charge in [0.1, 0.15) is 6.61 Å². The summed E-state index contributed by atoms with van der Waals surface area (Å²) in [5, 5.41) is 11.0. The van der Waals surface area contributed by atoms with E-state index in [1.165, 1.54) is 22.5 Å². The monoisotopic (exact) mass is 541 g/mol. The molecular formula is C20H20Cl2F3N3O5S. The Morgan fingerprint density at radius 1 is 1.03 bits per heavy atom. The van der Waals surface area contributed by atoms with E-state index in [0.29, 0.717) is 11.4 Å². The van der Waals surface area contributed by atoms with Gasteiger partial charge in [-0.1, -0.05) is 29.3 Å². The number of carboxylic acid groups (broad SMARTS) is 1. The maximum absolute atomic E-state index is 13.3. The van der Waals surface area contributed by atoms with E-state index >= 15 is 0 Å². The molecule has 0 radical (unpaired) electrons. The van der Waals surface area contributed by atoms with Crippen LogP contribution in [-0.2, 0) is 14.8 Å². The third-order valence-electron chi connectivity index (χ3n) is 4.91. The van der Waals surface area contributed by atoms with Gasteiger partial charge in [0.2, 0.25) is 0 Å². The third-order valence-corrected chi connectivity index (χ3v) is 7.13. The lowest BCUT2D eigenvalue weighted by Gasteiger charge is -2.36. The molecule has 0 atom stereocenters. The van der Waals surface area contributed by atoms with Gasteiger partial charge in [-0.25, -0.2) is 13.2 Å². The van der Waals surface area contributed by atoms with Crippen LogP contribution in [0.2, 0.25) is 10.0 Å². The zero-order valence-corrected chi connectivity index (χ0v) is 19.8. The van der Waals surface area contributed by atoms with Crippen molar-refractivity contribution in [3.05, 3.63) is 46.4 Å². The van der Waals surface area contributed by atoms with Gasteiger partial charge in [-0.05, 0) is 30.3 Å². The van der Waals surface area contributed by atoms with Crippen LogP contribution >= 0.6 is 23.2 Å². The summed E-state index contributed by atoms with van der Waals surface area (Å²) in [6.07, 6.45) is -5.08. The lowest BCUT2D eigenvalue weighted by Crippen LogP contribution is -2.44. The number of carbonyl (C=O) groups is 1. The van der Waals surface area contributed by atoms with E-state index in [1.54, 1.807) is 6.07 Å². The zero-order chi connectivity index (χ0) is 25.1. The summed E-state index contributed by atoms with van der Waals surface area (Å²) in [6.45, 7) is 3.96. The Balaban J connectivity index is 0.000000406. The predicted molar refractivity (Wildman–Crippen MR) is 122 cm³/mol. The van der Waals surface area contributed by atoms with Gasteiger partial charge in [0.25, 0.3) is 10.0 Å². The number of alkyl halides is 3. The van der Waals surface area contributed by atoms with Crippen LogP contribution in [-0.4, -0.2) is 65.0 Å². The SMILES string of the molecule is O=C(O)C(F)(F)F.O=S(=O)(c1cc(Cl)cc(Cl)c1)N1CCOc2c(N3CCNCC3)cccc21. The number of carboxylic acids is 1. The molecule has 2 aromatic rings. The number of benzene rings is 2. The summed E-state index contributed by atoms with van der Waals surface area (Å²) in [5.41, 5.74) is 1.45. The van der Waals surface area contributed by atoms with E-state index in [-0.39, 0.29) is 28.1 Å². The number of anilines is 2. The fourth-order valence-electron chi connectivity index (χ4n) is 3.42. The quantitative estimate of drug-likeness (QED) is 0.612. The average molecular weight is 542 g/mol. The maximum atomic E-state index is 13.3. The molecule has 0 aliphatic carbocycles. The predicted octanol–water partition coefficient (Wildman–Crippen LogP) is 3.62. The lowest BCUT2D eigenvalue weighted by atomic mass is 10.2. The Morgan fingerprint density at radius 3 is 2.15 bits per heavy atom. The zero-order valence-electron chi connectivity index (χ0n) is 17.5. The molecule has 0 saturated carbocycles. The number of ether oxygens (including phenoxy) is 1. The number of halogens is 5. The molecule has 0 bridgehead atoms. The van der Waals surface area contributed by atoms with Gasteiger partial charge in [-0.3, -0.25) is 4.31 Å². The van der Waals surface area contributed by atoms with Crippen molar-refractivity contribution in [1.29, 1.82) is 0 Å². The number of fused-ring (bicyclic) bond motifs is 1. The minimum absolute atomic E-state index is 0.0698. The van der Waals surface area contributed by atoms with Crippen LogP contribution < -0.4 is 19.3 Å². The summed E-state index contributed by atoms with van der Waals surface area (Å²) < 4.78 is 65.5. The van der Waals surface area contributed by atoms with Crippen LogP contribution in [0.1, 0.15) is 0 Å². The average Bonchev–Trinajstić information content (AvgIpc) is 2.78. The molecule has 0 aromatic heterocycles. The first-order valence-corrected chi connectivity index (χ1v) is 12.1. The van der Waals surface area contributed by atoms with Gasteiger partial charge >= 0.3 is 12.1 Å². The molecule has 0 unspecified atom stereocenters. The summed E-state index contributed by atoms with van der Waals surface area (Å²) in [6, 6.07) is 9.94. The van der Waals surface area contributed by atoms with Gasteiger partial charge in [-0.2, -0.15) is 13.2 Å². The number of piperazine rings is 1. The number of nitrogens with one attached hydrogen (secondary N) is 1. The highest BCUT2D eigenvalue weighted by Gasteiger charge is 2.38. The molecule has 1 saturated heterocycles. The smallest absolute Gasteiger partial charge is 0.487 e. The number of sulfonamides is 1. The first-order chi connectivity index (χ1) is 15.9. The fraction of sp³-hybridized carbons (Fsp3) is 0.350. The molecule has 2 aliphatic rings. The molecule has 2 aliphatic heterocycles. The Morgan fingerprint density at radius 2 is 1.59 bits per heavy atom. The van der Waals surface area contributed by atoms with Crippen LogP contribution in [0.15, 0.2) is 41.3 Å². The Hall–Kier alpha value is -2.41. The van der Waals surface area contributed by atoms with E-state index in [9.17, 15) is 21.6 Å². The number of nitrogens with zero attached hydrogens (tertiary/aromatic N) is 2. The standard InChI is InChI=1S/C18H19Cl2N3O3S.C2HF3O2/c19-13-10-14(20)12-15(11-13)27(24,25)23-8-9-26-18-16(2-1-3-17(18)23)22-6-4-21-5-7-22;3-2(4,5)1(6)7/h1-3,10-12,21H,4-9H2;(H,6,7). The molecule has 34 heavy (non-hydrogen) atoms. The first kappa shape index (κ1) is 26.2. The summed E-state index contributed by atoms with van der Waals surface area (Å²) in [4.78, 5) is 11.2.